The molecule has 0 aliphatic heterocycles. The minimum atomic E-state index is -0.843. The van der Waals surface area contributed by atoms with Gasteiger partial charge in [0.15, 0.2) is 17.4 Å². The van der Waals surface area contributed by atoms with E-state index in [0.717, 1.165) is 6.07 Å². The Labute approximate surface area is 115 Å². The summed E-state index contributed by atoms with van der Waals surface area (Å²) in [5.41, 5.74) is 6.03. The first kappa shape index (κ1) is 14.4. The number of nitrogens with two attached hydrogens (primary N) is 1. The highest BCUT2D eigenvalue weighted by atomic mass is 19.1. The normalized spacial score (nSPS) is 12.2. The quantitative estimate of drug-likeness (QED) is 0.925. The predicted molar refractivity (Wildman–Crippen MR) is 70.2 cm³/mol. The third-order valence-electron chi connectivity index (χ3n) is 2.63. The van der Waals surface area contributed by atoms with Crippen LogP contribution in [-0.2, 0) is 6.42 Å². The van der Waals surface area contributed by atoms with Gasteiger partial charge in [-0.2, -0.15) is 0 Å². The molecule has 0 heterocycles. The Kier molecular flexibility index (Phi) is 4.29. The first-order valence-electron chi connectivity index (χ1n) is 6.12. The third kappa shape index (κ3) is 3.51. The largest absolute Gasteiger partial charge is 0.451 e. The van der Waals surface area contributed by atoms with E-state index in [9.17, 15) is 13.2 Å². The van der Waals surface area contributed by atoms with Gasteiger partial charge in [0.05, 0.1) is 0 Å². The number of hydrogen-bond donors (Lipinski definition) is 1. The fourth-order valence-corrected chi connectivity index (χ4v) is 1.85. The van der Waals surface area contributed by atoms with Crippen LogP contribution < -0.4 is 10.5 Å². The van der Waals surface area contributed by atoms with Gasteiger partial charge in [-0.25, -0.2) is 13.2 Å². The minimum Gasteiger partial charge on any atom is -0.451 e. The van der Waals surface area contributed by atoms with Gasteiger partial charge in [-0.15, -0.1) is 0 Å². The van der Waals surface area contributed by atoms with Gasteiger partial charge >= 0.3 is 0 Å². The van der Waals surface area contributed by atoms with Crippen LogP contribution in [0.15, 0.2) is 36.4 Å². The Bertz CT molecular complexity index is 591. The van der Waals surface area contributed by atoms with Crippen LogP contribution in [0.4, 0.5) is 13.2 Å². The minimum absolute atomic E-state index is 0.0303. The summed E-state index contributed by atoms with van der Waals surface area (Å²) < 4.78 is 45.8. The van der Waals surface area contributed by atoms with Gasteiger partial charge in [-0.05, 0) is 43.2 Å². The molecule has 0 fully saturated rings. The van der Waals surface area contributed by atoms with Crippen molar-refractivity contribution in [1.82, 2.24) is 0 Å². The molecule has 0 aliphatic carbocycles. The summed E-state index contributed by atoms with van der Waals surface area (Å²) in [7, 11) is 0. The monoisotopic (exact) mass is 281 g/mol. The molecule has 2 aromatic carbocycles. The van der Waals surface area contributed by atoms with Crippen LogP contribution in [0.1, 0.15) is 12.5 Å². The number of ether oxygens (including phenoxy) is 1. The molecule has 20 heavy (non-hydrogen) atoms. The summed E-state index contributed by atoms with van der Waals surface area (Å²) in [5.74, 6) is -2.75. The van der Waals surface area contributed by atoms with Crippen LogP contribution in [0.25, 0.3) is 0 Å². The van der Waals surface area contributed by atoms with Crippen molar-refractivity contribution in [3.8, 4) is 11.5 Å². The average Bonchev–Trinajstić information content (AvgIpc) is 2.33. The highest BCUT2D eigenvalue weighted by Crippen LogP contribution is 2.29. The lowest BCUT2D eigenvalue weighted by atomic mass is 10.1. The van der Waals surface area contributed by atoms with Crippen molar-refractivity contribution in [2.45, 2.75) is 19.4 Å². The Morgan fingerprint density at radius 1 is 1.10 bits per heavy atom. The van der Waals surface area contributed by atoms with Gasteiger partial charge in [0.1, 0.15) is 11.6 Å². The predicted octanol–water partition coefficient (Wildman–Crippen LogP) is 3.79. The van der Waals surface area contributed by atoms with E-state index >= 15 is 0 Å². The Morgan fingerprint density at radius 2 is 1.75 bits per heavy atom. The molecule has 2 nitrogen and oxygen atoms in total. The average molecular weight is 281 g/mol. The zero-order chi connectivity index (χ0) is 14.7. The SMILES string of the molecule is CC(N)Cc1cc(F)c(Oc2cccc(F)c2)c(F)c1. The van der Waals surface area contributed by atoms with Crippen LogP contribution in [-0.4, -0.2) is 6.04 Å². The third-order valence-corrected chi connectivity index (χ3v) is 2.63. The fourth-order valence-electron chi connectivity index (χ4n) is 1.85. The van der Waals surface area contributed by atoms with E-state index in [1.807, 2.05) is 0 Å². The van der Waals surface area contributed by atoms with E-state index in [-0.39, 0.29) is 11.8 Å². The molecule has 0 spiro atoms. The van der Waals surface area contributed by atoms with Crippen molar-refractivity contribution in [1.29, 1.82) is 0 Å². The summed E-state index contributed by atoms with van der Waals surface area (Å²) in [6.07, 6.45) is 0.355. The lowest BCUT2D eigenvalue weighted by Crippen LogP contribution is -2.18. The molecule has 0 saturated carbocycles. The first-order chi connectivity index (χ1) is 9.45. The van der Waals surface area contributed by atoms with Crippen molar-refractivity contribution < 1.29 is 17.9 Å². The molecular weight excluding hydrogens is 267 g/mol. The van der Waals surface area contributed by atoms with Crippen LogP contribution in [0.3, 0.4) is 0 Å². The molecule has 1 unspecified atom stereocenters. The van der Waals surface area contributed by atoms with Crippen LogP contribution in [0, 0.1) is 17.5 Å². The molecule has 0 aliphatic rings. The zero-order valence-electron chi connectivity index (χ0n) is 10.9. The van der Waals surface area contributed by atoms with Crippen LogP contribution in [0.2, 0.25) is 0 Å². The second-order valence-electron chi connectivity index (χ2n) is 4.63. The number of rotatable bonds is 4. The summed E-state index contributed by atoms with van der Waals surface area (Å²) in [4.78, 5) is 0. The van der Waals surface area contributed by atoms with E-state index < -0.39 is 23.2 Å². The van der Waals surface area contributed by atoms with Gasteiger partial charge < -0.3 is 10.5 Å². The Morgan fingerprint density at radius 3 is 2.30 bits per heavy atom. The van der Waals surface area contributed by atoms with E-state index in [2.05, 4.69) is 0 Å². The molecule has 106 valence electrons. The van der Waals surface area contributed by atoms with Crippen molar-refractivity contribution in [2.75, 3.05) is 0 Å². The summed E-state index contributed by atoms with van der Waals surface area (Å²) in [6.45, 7) is 1.74. The van der Waals surface area contributed by atoms with E-state index in [0.29, 0.717) is 12.0 Å². The Hall–Kier alpha value is -2.01. The number of benzene rings is 2. The molecule has 2 rings (SSSR count). The molecule has 5 heteroatoms. The topological polar surface area (TPSA) is 35.2 Å². The maximum Gasteiger partial charge on any atom is 0.198 e. The smallest absolute Gasteiger partial charge is 0.198 e. The van der Waals surface area contributed by atoms with Gasteiger partial charge in [0.2, 0.25) is 0 Å². The maximum absolute atomic E-state index is 13.8. The molecule has 0 aromatic heterocycles. The van der Waals surface area contributed by atoms with Gasteiger partial charge in [-0.3, -0.25) is 0 Å². The van der Waals surface area contributed by atoms with Crippen LogP contribution >= 0.6 is 0 Å². The lowest BCUT2D eigenvalue weighted by molar-refractivity contribution is 0.404. The standard InChI is InChI=1S/C15H14F3NO/c1-9(19)5-10-6-13(17)15(14(18)7-10)20-12-4-2-3-11(16)8-12/h2-4,6-9H,5,19H2,1H3. The molecule has 0 amide bonds. The molecule has 2 N–H and O–H groups in total. The maximum atomic E-state index is 13.8. The highest BCUT2D eigenvalue weighted by Gasteiger charge is 2.14. The van der Waals surface area contributed by atoms with Gasteiger partial charge in [0.25, 0.3) is 0 Å². The van der Waals surface area contributed by atoms with E-state index in [1.54, 1.807) is 6.92 Å². The van der Waals surface area contributed by atoms with Gasteiger partial charge in [0, 0.05) is 12.1 Å². The summed E-state index contributed by atoms with van der Waals surface area (Å²) in [5, 5.41) is 0. The molecule has 2 aromatic rings. The zero-order valence-corrected chi connectivity index (χ0v) is 10.9. The second-order valence-corrected chi connectivity index (χ2v) is 4.63. The van der Waals surface area contributed by atoms with Crippen LogP contribution in [0.5, 0.6) is 11.5 Å². The van der Waals surface area contributed by atoms with E-state index in [1.165, 1.54) is 30.3 Å². The van der Waals surface area contributed by atoms with Crippen molar-refractivity contribution >= 4 is 0 Å². The Balaban J connectivity index is 2.28. The molecule has 0 radical (unpaired) electrons. The number of halogens is 3. The lowest BCUT2D eigenvalue weighted by Gasteiger charge is -2.11. The highest BCUT2D eigenvalue weighted by molar-refractivity contribution is 5.36. The number of hydrogen-bond acceptors (Lipinski definition) is 2. The second kappa shape index (κ2) is 5.96. The van der Waals surface area contributed by atoms with E-state index in [4.69, 9.17) is 10.5 Å². The van der Waals surface area contributed by atoms with Gasteiger partial charge in [-0.1, -0.05) is 6.07 Å². The van der Waals surface area contributed by atoms with Crippen molar-refractivity contribution in [2.24, 2.45) is 5.73 Å². The van der Waals surface area contributed by atoms with Crippen molar-refractivity contribution in [3.05, 3.63) is 59.4 Å². The fraction of sp³-hybridized carbons (Fsp3) is 0.200. The molecule has 0 bridgehead atoms. The summed E-state index contributed by atoms with van der Waals surface area (Å²) >= 11 is 0. The molecule has 0 saturated heterocycles. The first-order valence-corrected chi connectivity index (χ1v) is 6.12. The van der Waals surface area contributed by atoms with Crippen molar-refractivity contribution in [3.63, 3.8) is 0 Å². The molecule has 1 atom stereocenters. The summed E-state index contributed by atoms with van der Waals surface area (Å²) in [6, 6.07) is 7.20. The molecular formula is C15H14F3NO.